The highest BCUT2D eigenvalue weighted by atomic mass is 35.5. The van der Waals surface area contributed by atoms with Crippen LogP contribution in [-0.2, 0) is 6.18 Å². The highest BCUT2D eigenvalue weighted by molar-refractivity contribution is 6.36. The molecule has 0 radical (unpaired) electrons. The molecule has 152 valence electrons. The van der Waals surface area contributed by atoms with Gasteiger partial charge in [-0.2, -0.15) is 18.3 Å². The fourth-order valence-corrected chi connectivity index (χ4v) is 3.69. The number of hydrogen-bond acceptors (Lipinski definition) is 3. The van der Waals surface area contributed by atoms with Gasteiger partial charge in [0.15, 0.2) is 17.0 Å². The molecular formula is C20H18ClF3N4O. The first-order valence-corrected chi connectivity index (χ1v) is 9.64. The summed E-state index contributed by atoms with van der Waals surface area (Å²) in [5, 5.41) is 3.75. The summed E-state index contributed by atoms with van der Waals surface area (Å²) in [5.74, 6) is 0.0318. The Bertz CT molecular complexity index is 1060. The third-order valence-electron chi connectivity index (χ3n) is 5.17. The lowest BCUT2D eigenvalue weighted by Gasteiger charge is -2.29. The van der Waals surface area contributed by atoms with Gasteiger partial charge in [-0.1, -0.05) is 48.9 Å². The predicted molar refractivity (Wildman–Crippen MR) is 103 cm³/mol. The van der Waals surface area contributed by atoms with Crippen molar-refractivity contribution in [2.75, 3.05) is 13.1 Å². The average Bonchev–Trinajstić information content (AvgIpc) is 3.04. The Morgan fingerprint density at radius 3 is 2.45 bits per heavy atom. The topological polar surface area (TPSA) is 50.5 Å². The van der Waals surface area contributed by atoms with Gasteiger partial charge >= 0.3 is 6.18 Å². The summed E-state index contributed by atoms with van der Waals surface area (Å²) in [4.78, 5) is 18.7. The van der Waals surface area contributed by atoms with Gasteiger partial charge in [-0.05, 0) is 24.8 Å². The van der Waals surface area contributed by atoms with Gasteiger partial charge in [0.2, 0.25) is 0 Å². The molecule has 0 spiro atoms. The number of piperidine rings is 1. The summed E-state index contributed by atoms with van der Waals surface area (Å²) in [5.41, 5.74) is -0.804. The zero-order valence-electron chi connectivity index (χ0n) is 15.6. The van der Waals surface area contributed by atoms with E-state index in [9.17, 15) is 18.0 Å². The number of halogens is 4. The Hall–Kier alpha value is -2.61. The fourth-order valence-electron chi connectivity index (χ4n) is 3.45. The van der Waals surface area contributed by atoms with Crippen LogP contribution in [0.5, 0.6) is 0 Å². The zero-order valence-corrected chi connectivity index (χ0v) is 16.3. The van der Waals surface area contributed by atoms with Gasteiger partial charge in [0.25, 0.3) is 5.91 Å². The lowest BCUT2D eigenvalue weighted by molar-refractivity contribution is -0.142. The number of hydrogen-bond donors (Lipinski definition) is 0. The lowest BCUT2D eigenvalue weighted by Crippen LogP contribution is -2.38. The monoisotopic (exact) mass is 422 g/mol. The highest BCUT2D eigenvalue weighted by Crippen LogP contribution is 2.35. The number of likely N-dealkylation sites (tertiary alicyclic amines) is 1. The van der Waals surface area contributed by atoms with Crippen LogP contribution in [0.25, 0.3) is 16.9 Å². The molecule has 0 atom stereocenters. The second kappa shape index (κ2) is 7.33. The van der Waals surface area contributed by atoms with Crippen molar-refractivity contribution < 1.29 is 18.0 Å². The molecule has 1 aliphatic heterocycles. The molecule has 1 saturated heterocycles. The van der Waals surface area contributed by atoms with Crippen molar-refractivity contribution >= 4 is 23.2 Å². The van der Waals surface area contributed by atoms with E-state index in [0.29, 0.717) is 29.1 Å². The van der Waals surface area contributed by atoms with E-state index in [-0.39, 0.29) is 22.1 Å². The molecule has 1 amide bonds. The molecular weight excluding hydrogens is 405 g/mol. The number of benzene rings is 1. The standard InChI is InChI=1S/C20H18ClF3N4O/c1-12-7-9-27(10-8-12)19(29)17-16(21)18-25-14(13-5-3-2-4-6-13)11-15(20(22,23)24)28(18)26-17/h2-6,11-12H,7-10H2,1H3. The first-order valence-electron chi connectivity index (χ1n) is 9.27. The van der Waals surface area contributed by atoms with Gasteiger partial charge in [0.1, 0.15) is 5.02 Å². The molecule has 5 nitrogen and oxygen atoms in total. The molecule has 0 N–H and O–H groups in total. The summed E-state index contributed by atoms with van der Waals surface area (Å²) in [6, 6.07) is 9.41. The van der Waals surface area contributed by atoms with Crippen molar-refractivity contribution in [3.63, 3.8) is 0 Å². The number of amides is 1. The minimum Gasteiger partial charge on any atom is -0.337 e. The maximum atomic E-state index is 13.7. The Morgan fingerprint density at radius 1 is 1.17 bits per heavy atom. The summed E-state index contributed by atoms with van der Waals surface area (Å²) in [6.45, 7) is 3.16. The fraction of sp³-hybridized carbons (Fsp3) is 0.350. The second-order valence-corrected chi connectivity index (χ2v) is 7.64. The van der Waals surface area contributed by atoms with E-state index in [4.69, 9.17) is 11.6 Å². The van der Waals surface area contributed by atoms with Crippen LogP contribution in [0, 0.1) is 5.92 Å². The molecule has 1 aliphatic rings. The van der Waals surface area contributed by atoms with E-state index in [0.717, 1.165) is 18.9 Å². The molecule has 1 fully saturated rings. The molecule has 0 unspecified atom stereocenters. The first-order chi connectivity index (χ1) is 13.8. The highest BCUT2D eigenvalue weighted by Gasteiger charge is 2.37. The smallest absolute Gasteiger partial charge is 0.337 e. The van der Waals surface area contributed by atoms with Crippen LogP contribution in [0.4, 0.5) is 13.2 Å². The Labute approximate surface area is 170 Å². The number of nitrogens with zero attached hydrogens (tertiary/aromatic N) is 4. The lowest BCUT2D eigenvalue weighted by atomic mass is 9.99. The molecule has 3 heterocycles. The molecule has 0 aliphatic carbocycles. The first kappa shape index (κ1) is 19.7. The van der Waals surface area contributed by atoms with Crippen molar-refractivity contribution in [1.82, 2.24) is 19.5 Å². The normalized spacial score (nSPS) is 15.8. The third kappa shape index (κ3) is 3.69. The zero-order chi connectivity index (χ0) is 20.8. The van der Waals surface area contributed by atoms with Crippen molar-refractivity contribution in [2.24, 2.45) is 5.92 Å². The predicted octanol–water partition coefficient (Wildman–Crippen LogP) is 4.94. The summed E-state index contributed by atoms with van der Waals surface area (Å²) >= 11 is 6.32. The van der Waals surface area contributed by atoms with Gasteiger partial charge in [-0.15, -0.1) is 0 Å². The SMILES string of the molecule is CC1CCN(C(=O)c2nn3c(C(F)(F)F)cc(-c4ccccc4)nc3c2Cl)CC1. The van der Waals surface area contributed by atoms with Crippen LogP contribution < -0.4 is 0 Å². The number of aromatic nitrogens is 3. The van der Waals surface area contributed by atoms with Crippen LogP contribution >= 0.6 is 11.6 Å². The van der Waals surface area contributed by atoms with Crippen LogP contribution in [0.2, 0.25) is 5.02 Å². The summed E-state index contributed by atoms with van der Waals surface area (Å²) < 4.78 is 41.8. The minimum atomic E-state index is -4.69. The third-order valence-corrected chi connectivity index (χ3v) is 5.51. The van der Waals surface area contributed by atoms with Gasteiger partial charge in [0.05, 0.1) is 5.69 Å². The van der Waals surface area contributed by atoms with Gasteiger partial charge < -0.3 is 4.90 Å². The van der Waals surface area contributed by atoms with Crippen LogP contribution in [0.1, 0.15) is 35.9 Å². The Morgan fingerprint density at radius 2 is 1.83 bits per heavy atom. The van der Waals surface area contributed by atoms with E-state index >= 15 is 0 Å². The van der Waals surface area contributed by atoms with Crippen molar-refractivity contribution in [3.05, 3.63) is 52.8 Å². The van der Waals surface area contributed by atoms with Crippen LogP contribution in [-0.4, -0.2) is 38.5 Å². The largest absolute Gasteiger partial charge is 0.433 e. The minimum absolute atomic E-state index is 0.109. The molecule has 9 heteroatoms. The maximum Gasteiger partial charge on any atom is 0.433 e. The van der Waals surface area contributed by atoms with Crippen LogP contribution in [0.3, 0.4) is 0 Å². The molecule has 0 saturated carbocycles. The Kier molecular flexibility index (Phi) is 4.98. The number of carbonyl (C=O) groups is 1. The maximum absolute atomic E-state index is 13.7. The van der Waals surface area contributed by atoms with E-state index in [1.54, 1.807) is 35.2 Å². The average molecular weight is 423 g/mol. The molecule has 4 rings (SSSR count). The van der Waals surface area contributed by atoms with Gasteiger partial charge in [-0.3, -0.25) is 4.79 Å². The van der Waals surface area contributed by atoms with Crippen molar-refractivity contribution in [1.29, 1.82) is 0 Å². The van der Waals surface area contributed by atoms with Gasteiger partial charge in [-0.25, -0.2) is 9.50 Å². The van der Waals surface area contributed by atoms with E-state index in [1.165, 1.54) is 0 Å². The van der Waals surface area contributed by atoms with E-state index < -0.39 is 17.8 Å². The Balaban J connectivity index is 1.85. The number of carbonyl (C=O) groups excluding carboxylic acids is 1. The molecule has 3 aromatic rings. The summed E-state index contributed by atoms with van der Waals surface area (Å²) in [6.07, 6.45) is -3.02. The molecule has 0 bridgehead atoms. The van der Waals surface area contributed by atoms with Gasteiger partial charge in [0, 0.05) is 18.7 Å². The molecule has 1 aromatic carbocycles. The number of fused-ring (bicyclic) bond motifs is 1. The van der Waals surface area contributed by atoms with E-state index in [1.807, 2.05) is 0 Å². The number of rotatable bonds is 2. The van der Waals surface area contributed by atoms with Crippen LogP contribution in [0.15, 0.2) is 36.4 Å². The second-order valence-electron chi connectivity index (χ2n) is 7.26. The molecule has 2 aromatic heterocycles. The van der Waals surface area contributed by atoms with Crippen molar-refractivity contribution in [3.8, 4) is 11.3 Å². The molecule has 29 heavy (non-hydrogen) atoms. The van der Waals surface area contributed by atoms with E-state index in [2.05, 4.69) is 17.0 Å². The summed E-state index contributed by atoms with van der Waals surface area (Å²) in [7, 11) is 0. The quantitative estimate of drug-likeness (QED) is 0.587. The number of alkyl halides is 3. The van der Waals surface area contributed by atoms with Crippen molar-refractivity contribution in [2.45, 2.75) is 25.9 Å².